The predicted molar refractivity (Wildman–Crippen MR) is 110 cm³/mol. The zero-order valence-electron chi connectivity index (χ0n) is 16.4. The number of aliphatic hydroxyl groups is 1. The molecular formula is C22H29N3O3. The summed E-state index contributed by atoms with van der Waals surface area (Å²) in [7, 11) is 0. The van der Waals surface area contributed by atoms with E-state index in [1.165, 1.54) is 0 Å². The van der Waals surface area contributed by atoms with Crippen molar-refractivity contribution in [1.82, 2.24) is 16.0 Å². The third-order valence-electron chi connectivity index (χ3n) is 5.29. The normalized spacial score (nSPS) is 20.3. The zero-order valence-corrected chi connectivity index (χ0v) is 16.4. The van der Waals surface area contributed by atoms with Gasteiger partial charge < -0.3 is 21.1 Å². The monoisotopic (exact) mass is 383 g/mol. The smallest absolute Gasteiger partial charge is 0.242 e. The van der Waals surface area contributed by atoms with Gasteiger partial charge in [-0.2, -0.15) is 0 Å². The van der Waals surface area contributed by atoms with Crippen molar-refractivity contribution in [2.45, 2.75) is 32.4 Å². The lowest BCUT2D eigenvalue weighted by atomic mass is 10.0. The topological polar surface area (TPSA) is 90.5 Å². The molecule has 0 aliphatic carbocycles. The van der Waals surface area contributed by atoms with Crippen LogP contribution in [0.25, 0.3) is 10.8 Å². The summed E-state index contributed by atoms with van der Waals surface area (Å²) in [5.74, 6) is -0.412. The minimum atomic E-state index is -0.598. The largest absolute Gasteiger partial charge is 0.391 e. The molecule has 28 heavy (non-hydrogen) atoms. The average Bonchev–Trinajstić information content (AvgIpc) is 3.08. The number of β-amino-alcohol motifs (C(OH)–C–C–N with tert-alkyl or cyclic N) is 1. The van der Waals surface area contributed by atoms with Crippen LogP contribution in [0.15, 0.2) is 42.5 Å². The molecular weight excluding hydrogens is 354 g/mol. The van der Waals surface area contributed by atoms with E-state index in [1.54, 1.807) is 0 Å². The van der Waals surface area contributed by atoms with Crippen molar-refractivity contribution in [1.29, 1.82) is 0 Å². The molecule has 1 aliphatic rings. The lowest BCUT2D eigenvalue weighted by Crippen LogP contribution is -2.51. The first-order chi connectivity index (χ1) is 13.4. The van der Waals surface area contributed by atoms with Gasteiger partial charge in [0.15, 0.2) is 0 Å². The summed E-state index contributed by atoms with van der Waals surface area (Å²) in [4.78, 5) is 25.1. The van der Waals surface area contributed by atoms with Gasteiger partial charge in [0.1, 0.15) is 6.04 Å². The second-order valence-electron chi connectivity index (χ2n) is 7.88. The minimum Gasteiger partial charge on any atom is -0.391 e. The summed E-state index contributed by atoms with van der Waals surface area (Å²) in [6, 6.07) is 13.4. The maximum absolute atomic E-state index is 12.6. The molecule has 3 atom stereocenters. The molecule has 1 fully saturated rings. The van der Waals surface area contributed by atoms with Crippen LogP contribution in [0.2, 0.25) is 0 Å². The fourth-order valence-electron chi connectivity index (χ4n) is 3.56. The molecule has 2 aromatic rings. The predicted octanol–water partition coefficient (Wildman–Crippen LogP) is 1.22. The summed E-state index contributed by atoms with van der Waals surface area (Å²) in [5.41, 5.74) is 0.916. The Bertz CT molecular complexity index is 837. The molecule has 0 aromatic heterocycles. The SMILES string of the molecule is CC(C)C(NC(=O)Cc1ccc2ccccc2c1)C(=O)NCC1CNCC1O. The second-order valence-corrected chi connectivity index (χ2v) is 7.88. The third kappa shape index (κ3) is 5.09. The minimum absolute atomic E-state index is 0.00469. The van der Waals surface area contributed by atoms with Gasteiger partial charge in [-0.1, -0.05) is 56.3 Å². The van der Waals surface area contributed by atoms with E-state index in [4.69, 9.17) is 0 Å². The highest BCUT2D eigenvalue weighted by Gasteiger charge is 2.28. The molecule has 1 saturated heterocycles. The summed E-state index contributed by atoms with van der Waals surface area (Å²) in [6.45, 7) is 5.45. The molecule has 6 heteroatoms. The lowest BCUT2D eigenvalue weighted by molar-refractivity contribution is -0.130. The van der Waals surface area contributed by atoms with Crippen molar-refractivity contribution in [2.75, 3.05) is 19.6 Å². The first kappa shape index (κ1) is 20.3. The maximum atomic E-state index is 12.6. The van der Waals surface area contributed by atoms with Gasteiger partial charge in [0.2, 0.25) is 11.8 Å². The molecule has 3 rings (SSSR count). The van der Waals surface area contributed by atoms with Gasteiger partial charge in [0.25, 0.3) is 0 Å². The van der Waals surface area contributed by atoms with Crippen molar-refractivity contribution in [3.05, 3.63) is 48.0 Å². The van der Waals surface area contributed by atoms with Crippen molar-refractivity contribution in [3.63, 3.8) is 0 Å². The molecule has 2 amide bonds. The third-order valence-corrected chi connectivity index (χ3v) is 5.29. The summed E-state index contributed by atoms with van der Waals surface area (Å²) >= 11 is 0. The Labute approximate surface area is 165 Å². The highest BCUT2D eigenvalue weighted by molar-refractivity contribution is 5.89. The fourth-order valence-corrected chi connectivity index (χ4v) is 3.56. The number of hydrogen-bond acceptors (Lipinski definition) is 4. The van der Waals surface area contributed by atoms with Gasteiger partial charge in [-0.05, 0) is 22.3 Å². The number of carbonyl (C=O) groups is 2. The number of fused-ring (bicyclic) bond motifs is 1. The number of nitrogens with one attached hydrogen (secondary N) is 3. The van der Waals surface area contributed by atoms with Crippen LogP contribution in [0, 0.1) is 11.8 Å². The van der Waals surface area contributed by atoms with E-state index in [0.717, 1.165) is 16.3 Å². The van der Waals surface area contributed by atoms with Crippen LogP contribution in [0.3, 0.4) is 0 Å². The van der Waals surface area contributed by atoms with Crippen molar-refractivity contribution in [3.8, 4) is 0 Å². The first-order valence-electron chi connectivity index (χ1n) is 9.87. The highest BCUT2D eigenvalue weighted by atomic mass is 16.3. The zero-order chi connectivity index (χ0) is 20.1. The Balaban J connectivity index is 1.57. The van der Waals surface area contributed by atoms with Crippen LogP contribution in [0.1, 0.15) is 19.4 Å². The molecule has 0 radical (unpaired) electrons. The molecule has 1 aliphatic heterocycles. The van der Waals surface area contributed by atoms with E-state index in [-0.39, 0.29) is 30.1 Å². The number of benzene rings is 2. The van der Waals surface area contributed by atoms with Gasteiger partial charge in [-0.3, -0.25) is 9.59 Å². The van der Waals surface area contributed by atoms with Gasteiger partial charge in [-0.15, -0.1) is 0 Å². The fraction of sp³-hybridized carbons (Fsp3) is 0.455. The van der Waals surface area contributed by atoms with Gasteiger partial charge in [0.05, 0.1) is 12.5 Å². The second kappa shape index (κ2) is 9.17. The number of amides is 2. The molecule has 2 aromatic carbocycles. The number of rotatable bonds is 7. The molecule has 0 spiro atoms. The van der Waals surface area contributed by atoms with E-state index < -0.39 is 12.1 Å². The molecule has 0 saturated carbocycles. The average molecular weight is 383 g/mol. The molecule has 3 unspecified atom stereocenters. The van der Waals surface area contributed by atoms with Crippen LogP contribution >= 0.6 is 0 Å². The number of aliphatic hydroxyl groups excluding tert-OH is 1. The Hall–Kier alpha value is -2.44. The molecule has 0 bridgehead atoms. The van der Waals surface area contributed by atoms with E-state index in [9.17, 15) is 14.7 Å². The molecule has 1 heterocycles. The molecule has 4 N–H and O–H groups in total. The Kier molecular flexibility index (Phi) is 6.65. The van der Waals surface area contributed by atoms with E-state index in [0.29, 0.717) is 19.6 Å². The Morgan fingerprint density at radius 3 is 2.57 bits per heavy atom. The number of carbonyl (C=O) groups excluding carboxylic acids is 2. The standard InChI is InChI=1S/C22H29N3O3/c1-14(2)21(22(28)24-12-18-11-23-13-19(18)26)25-20(27)10-15-7-8-16-5-3-4-6-17(16)9-15/h3-9,14,18-19,21,23,26H,10-13H2,1-2H3,(H,24,28)(H,25,27). The van der Waals surface area contributed by atoms with Gasteiger partial charge in [0, 0.05) is 25.6 Å². The molecule has 6 nitrogen and oxygen atoms in total. The van der Waals surface area contributed by atoms with Crippen molar-refractivity contribution >= 4 is 22.6 Å². The van der Waals surface area contributed by atoms with E-state index in [2.05, 4.69) is 16.0 Å². The van der Waals surface area contributed by atoms with Crippen LogP contribution in [0.5, 0.6) is 0 Å². The maximum Gasteiger partial charge on any atom is 0.242 e. The van der Waals surface area contributed by atoms with Gasteiger partial charge >= 0.3 is 0 Å². The molecule has 150 valence electrons. The summed E-state index contributed by atoms with van der Waals surface area (Å²) in [6.07, 6.45) is -0.215. The van der Waals surface area contributed by atoms with Crippen molar-refractivity contribution in [2.24, 2.45) is 11.8 Å². The van der Waals surface area contributed by atoms with Crippen LogP contribution in [-0.4, -0.2) is 48.7 Å². The summed E-state index contributed by atoms with van der Waals surface area (Å²) in [5, 5.41) is 20.9. The van der Waals surface area contributed by atoms with Gasteiger partial charge in [-0.25, -0.2) is 0 Å². The highest BCUT2D eigenvalue weighted by Crippen LogP contribution is 2.16. The van der Waals surface area contributed by atoms with E-state index >= 15 is 0 Å². The Morgan fingerprint density at radius 1 is 1.14 bits per heavy atom. The van der Waals surface area contributed by atoms with Crippen LogP contribution < -0.4 is 16.0 Å². The van der Waals surface area contributed by atoms with E-state index in [1.807, 2.05) is 56.3 Å². The Morgan fingerprint density at radius 2 is 1.89 bits per heavy atom. The summed E-state index contributed by atoms with van der Waals surface area (Å²) < 4.78 is 0. The lowest BCUT2D eigenvalue weighted by Gasteiger charge is -2.23. The number of hydrogen-bond donors (Lipinski definition) is 4. The van der Waals surface area contributed by atoms with Crippen LogP contribution in [0.4, 0.5) is 0 Å². The van der Waals surface area contributed by atoms with Crippen LogP contribution in [-0.2, 0) is 16.0 Å². The quantitative estimate of drug-likeness (QED) is 0.579. The first-order valence-corrected chi connectivity index (χ1v) is 9.87. The van der Waals surface area contributed by atoms with Crippen molar-refractivity contribution < 1.29 is 14.7 Å².